The van der Waals surface area contributed by atoms with Crippen molar-refractivity contribution in [3.05, 3.63) is 59.1 Å². The topological polar surface area (TPSA) is 103 Å². The number of alkyl halides is 3. The van der Waals surface area contributed by atoms with E-state index >= 15 is 0 Å². The molecule has 3 aromatic rings. The second-order valence-corrected chi connectivity index (χ2v) is 8.85. The molecule has 174 valence electrons. The molecule has 3 rings (SSSR count). The van der Waals surface area contributed by atoms with Crippen molar-refractivity contribution in [1.82, 2.24) is 20.1 Å². The summed E-state index contributed by atoms with van der Waals surface area (Å²) >= 11 is 6.96. The molecule has 3 amide bonds. The van der Waals surface area contributed by atoms with Gasteiger partial charge in [0.05, 0.1) is 16.5 Å². The van der Waals surface area contributed by atoms with Crippen molar-refractivity contribution in [3.8, 4) is 17.1 Å². The van der Waals surface area contributed by atoms with Gasteiger partial charge in [0, 0.05) is 10.6 Å². The van der Waals surface area contributed by atoms with Crippen molar-refractivity contribution in [2.45, 2.75) is 30.4 Å². The summed E-state index contributed by atoms with van der Waals surface area (Å²) in [7, 11) is 0. The van der Waals surface area contributed by atoms with Crippen molar-refractivity contribution in [2.75, 3.05) is 0 Å². The van der Waals surface area contributed by atoms with Crippen molar-refractivity contribution >= 4 is 35.3 Å². The van der Waals surface area contributed by atoms with E-state index in [1.54, 1.807) is 38.1 Å². The number of urea groups is 1. The van der Waals surface area contributed by atoms with Crippen LogP contribution in [0.1, 0.15) is 19.4 Å². The monoisotopic (exact) mass is 497 g/mol. The smallest absolute Gasteiger partial charge is 0.351 e. The maximum Gasteiger partial charge on any atom is 0.418 e. The number of carbonyl (C=O) groups excluding carboxylic acids is 2. The third kappa shape index (κ3) is 5.66. The largest absolute Gasteiger partial charge is 0.418 e. The molecule has 0 bridgehead atoms. The average Bonchev–Trinajstić information content (AvgIpc) is 3.14. The highest BCUT2D eigenvalue weighted by Crippen LogP contribution is 2.39. The Morgan fingerprint density at radius 2 is 1.82 bits per heavy atom. The highest BCUT2D eigenvalue weighted by Gasteiger charge is 2.36. The Labute approximate surface area is 196 Å². The zero-order valence-electron chi connectivity index (χ0n) is 17.4. The molecule has 0 aliphatic carbocycles. The number of hydrogen-bond acceptors (Lipinski definition) is 5. The van der Waals surface area contributed by atoms with E-state index < -0.39 is 28.9 Å². The molecule has 1 heterocycles. The lowest BCUT2D eigenvalue weighted by molar-refractivity contribution is -0.137. The zero-order chi connectivity index (χ0) is 24.3. The maximum atomic E-state index is 13.8. The number of thioether (sulfide) groups is 1. The quantitative estimate of drug-likeness (QED) is 0.471. The SMILES string of the molecule is CC(C)[C@@H](Sc1nnc(-c2cccc(Cl)c2)n1-c1ccccc1C(F)(F)F)C(=O)NC(N)=O. The van der Waals surface area contributed by atoms with Gasteiger partial charge in [-0.1, -0.05) is 61.5 Å². The fourth-order valence-electron chi connectivity index (χ4n) is 3.08. The summed E-state index contributed by atoms with van der Waals surface area (Å²) in [5.74, 6) is -0.896. The highest BCUT2D eigenvalue weighted by atomic mass is 35.5. The Bertz CT molecular complexity index is 1180. The molecule has 0 saturated carbocycles. The van der Waals surface area contributed by atoms with Crippen LogP contribution in [0.5, 0.6) is 0 Å². The lowest BCUT2D eigenvalue weighted by Crippen LogP contribution is -2.42. The summed E-state index contributed by atoms with van der Waals surface area (Å²) in [6, 6.07) is 10.4. The van der Waals surface area contributed by atoms with Gasteiger partial charge in [-0.3, -0.25) is 14.7 Å². The van der Waals surface area contributed by atoms with Crippen LogP contribution >= 0.6 is 23.4 Å². The first-order valence-corrected chi connectivity index (χ1v) is 10.9. The first kappa shape index (κ1) is 24.6. The fraction of sp³-hybridized carbons (Fsp3) is 0.238. The molecule has 0 fully saturated rings. The molecule has 12 heteroatoms. The minimum Gasteiger partial charge on any atom is -0.351 e. The summed E-state index contributed by atoms with van der Waals surface area (Å²) in [6.07, 6.45) is -4.66. The molecule has 0 aliphatic rings. The number of nitrogens with zero attached hydrogens (tertiary/aromatic N) is 3. The molecular formula is C21H19ClF3N5O2S. The van der Waals surface area contributed by atoms with Crippen LogP contribution in [0.3, 0.4) is 0 Å². The number of benzene rings is 2. The van der Waals surface area contributed by atoms with Crippen LogP contribution < -0.4 is 11.1 Å². The Hall–Kier alpha value is -3.05. The maximum absolute atomic E-state index is 13.8. The molecule has 2 aromatic carbocycles. The third-order valence-corrected chi connectivity index (χ3v) is 6.23. The van der Waals surface area contributed by atoms with Crippen LogP contribution in [-0.4, -0.2) is 32.0 Å². The molecule has 33 heavy (non-hydrogen) atoms. The number of rotatable bonds is 6. The molecule has 1 aromatic heterocycles. The number of primary amides is 1. The van der Waals surface area contributed by atoms with Gasteiger partial charge in [-0.05, 0) is 30.2 Å². The predicted octanol–water partition coefficient (Wildman–Crippen LogP) is 4.92. The minimum absolute atomic E-state index is 0.0278. The number of hydrogen-bond donors (Lipinski definition) is 2. The van der Waals surface area contributed by atoms with Gasteiger partial charge in [0.25, 0.3) is 0 Å². The number of amides is 3. The lowest BCUT2D eigenvalue weighted by Gasteiger charge is -2.20. The number of carbonyl (C=O) groups is 2. The Morgan fingerprint density at radius 3 is 2.42 bits per heavy atom. The Kier molecular flexibility index (Phi) is 7.33. The Balaban J connectivity index is 2.21. The highest BCUT2D eigenvalue weighted by molar-refractivity contribution is 8.00. The zero-order valence-corrected chi connectivity index (χ0v) is 19.0. The summed E-state index contributed by atoms with van der Waals surface area (Å²) in [4.78, 5) is 23.7. The summed E-state index contributed by atoms with van der Waals surface area (Å²) in [5, 5.41) is 9.69. The van der Waals surface area contributed by atoms with Gasteiger partial charge >= 0.3 is 12.2 Å². The molecule has 0 unspecified atom stereocenters. The Morgan fingerprint density at radius 1 is 1.12 bits per heavy atom. The summed E-state index contributed by atoms with van der Waals surface area (Å²) in [5.41, 5.74) is 4.37. The van der Waals surface area contributed by atoms with Crippen molar-refractivity contribution < 1.29 is 22.8 Å². The average molecular weight is 498 g/mol. The van der Waals surface area contributed by atoms with Gasteiger partial charge in [-0.25, -0.2) is 4.79 Å². The van der Waals surface area contributed by atoms with E-state index in [2.05, 4.69) is 10.2 Å². The third-order valence-electron chi connectivity index (χ3n) is 4.51. The van der Waals surface area contributed by atoms with Crippen LogP contribution in [0.15, 0.2) is 53.7 Å². The van der Waals surface area contributed by atoms with Crippen molar-refractivity contribution in [1.29, 1.82) is 0 Å². The molecule has 1 atom stereocenters. The molecular weight excluding hydrogens is 479 g/mol. The first-order chi connectivity index (χ1) is 15.5. The van der Waals surface area contributed by atoms with Crippen LogP contribution in [0.4, 0.5) is 18.0 Å². The van der Waals surface area contributed by atoms with Gasteiger partial charge in [0.2, 0.25) is 5.91 Å². The second kappa shape index (κ2) is 9.84. The van der Waals surface area contributed by atoms with Crippen LogP contribution in [0.2, 0.25) is 5.02 Å². The fourth-order valence-corrected chi connectivity index (χ4v) is 4.32. The minimum atomic E-state index is -4.66. The van der Waals surface area contributed by atoms with Crippen molar-refractivity contribution in [3.63, 3.8) is 0 Å². The van der Waals surface area contributed by atoms with Gasteiger partial charge in [0.15, 0.2) is 11.0 Å². The van der Waals surface area contributed by atoms with E-state index in [0.717, 1.165) is 17.8 Å². The van der Waals surface area contributed by atoms with E-state index in [0.29, 0.717) is 10.6 Å². The van der Waals surface area contributed by atoms with Gasteiger partial charge < -0.3 is 5.73 Å². The van der Waals surface area contributed by atoms with E-state index in [9.17, 15) is 22.8 Å². The van der Waals surface area contributed by atoms with Gasteiger partial charge in [-0.15, -0.1) is 10.2 Å². The van der Waals surface area contributed by atoms with E-state index in [1.165, 1.54) is 22.8 Å². The van der Waals surface area contributed by atoms with Gasteiger partial charge in [0.1, 0.15) is 0 Å². The number of nitrogens with one attached hydrogen (secondary N) is 1. The number of nitrogens with two attached hydrogens (primary N) is 1. The number of imide groups is 1. The molecule has 0 radical (unpaired) electrons. The number of para-hydroxylation sites is 1. The normalized spacial score (nSPS) is 12.6. The number of halogens is 4. The van der Waals surface area contributed by atoms with Crippen molar-refractivity contribution in [2.24, 2.45) is 11.7 Å². The van der Waals surface area contributed by atoms with Crippen LogP contribution in [0.25, 0.3) is 17.1 Å². The molecule has 3 N–H and O–H groups in total. The van der Waals surface area contributed by atoms with Crippen LogP contribution in [0, 0.1) is 5.92 Å². The predicted molar refractivity (Wildman–Crippen MR) is 119 cm³/mol. The molecule has 7 nitrogen and oxygen atoms in total. The van der Waals surface area contributed by atoms with E-state index in [1.807, 2.05) is 5.32 Å². The first-order valence-electron chi connectivity index (χ1n) is 9.64. The summed E-state index contributed by atoms with van der Waals surface area (Å²) in [6.45, 7) is 3.45. The standard InChI is InChI=1S/C21H19ClF3N5O2S/c1-11(2)16(18(31)27-19(26)32)33-20-29-28-17(12-6-5-7-13(22)10-12)30(20)15-9-4-3-8-14(15)21(23,24)25/h3-11,16H,1-2H3,(H3,26,27,31,32)/t16-/m1/s1. The molecule has 0 spiro atoms. The van der Waals surface area contributed by atoms with Gasteiger partial charge in [-0.2, -0.15) is 13.2 Å². The number of aromatic nitrogens is 3. The molecule has 0 aliphatic heterocycles. The van der Waals surface area contributed by atoms with Crippen LogP contribution in [-0.2, 0) is 11.0 Å². The van der Waals surface area contributed by atoms with E-state index in [4.69, 9.17) is 17.3 Å². The van der Waals surface area contributed by atoms with E-state index in [-0.39, 0.29) is 22.6 Å². The summed E-state index contributed by atoms with van der Waals surface area (Å²) < 4.78 is 42.7. The molecule has 0 saturated heterocycles. The lowest BCUT2D eigenvalue weighted by atomic mass is 10.1. The second-order valence-electron chi connectivity index (χ2n) is 7.30.